The van der Waals surface area contributed by atoms with Crippen molar-refractivity contribution in [2.24, 2.45) is 0 Å². The van der Waals surface area contributed by atoms with E-state index in [2.05, 4.69) is 44.5 Å². The molecule has 0 aliphatic carbocycles. The maximum atomic E-state index is 12.6. The molecule has 1 amide bonds. The lowest BCUT2D eigenvalue weighted by Crippen LogP contribution is -2.14. The minimum Gasteiger partial charge on any atom is -0.325 e. The van der Waals surface area contributed by atoms with Gasteiger partial charge in [0.1, 0.15) is 0 Å². The predicted molar refractivity (Wildman–Crippen MR) is 134 cm³/mol. The first-order valence-electron chi connectivity index (χ1n) is 10.9. The van der Waals surface area contributed by atoms with Crippen LogP contribution in [0.15, 0.2) is 78.3 Å². The summed E-state index contributed by atoms with van der Waals surface area (Å²) in [4.78, 5) is 21.3. The molecule has 34 heavy (non-hydrogen) atoms. The maximum absolute atomic E-state index is 12.6. The number of rotatable bonds is 7. The van der Waals surface area contributed by atoms with Crippen molar-refractivity contribution in [2.75, 3.05) is 11.1 Å². The summed E-state index contributed by atoms with van der Waals surface area (Å²) in [5, 5.41) is 12.4. The van der Waals surface area contributed by atoms with Gasteiger partial charge in [-0.25, -0.2) is 9.97 Å². The number of carbonyl (C=O) groups is 1. The number of hydrogen-bond acceptors (Lipinski definition) is 6. The van der Waals surface area contributed by atoms with Crippen LogP contribution in [0.25, 0.3) is 28.4 Å². The van der Waals surface area contributed by atoms with Crippen LogP contribution >= 0.6 is 11.8 Å². The quantitative estimate of drug-likeness (QED) is 0.347. The molecular formula is C25H23N7OS. The number of amides is 1. The molecule has 0 unspecified atom stereocenters. The average Bonchev–Trinajstić information content (AvgIpc) is 3.47. The van der Waals surface area contributed by atoms with Gasteiger partial charge in [-0.15, -0.1) is 10.2 Å². The van der Waals surface area contributed by atoms with Crippen LogP contribution < -0.4 is 5.32 Å². The molecule has 0 saturated heterocycles. The van der Waals surface area contributed by atoms with Crippen molar-refractivity contribution < 1.29 is 4.79 Å². The van der Waals surface area contributed by atoms with Gasteiger partial charge in [0.15, 0.2) is 11.0 Å². The second-order valence-corrected chi connectivity index (χ2v) is 8.73. The number of fused-ring (bicyclic) bond motifs is 1. The number of thioether (sulfide) groups is 1. The van der Waals surface area contributed by atoms with Crippen LogP contribution in [0, 0.1) is 6.92 Å². The smallest absolute Gasteiger partial charge is 0.234 e. The van der Waals surface area contributed by atoms with Crippen molar-refractivity contribution in [3.8, 4) is 22.6 Å². The Balaban J connectivity index is 1.23. The number of nitrogens with zero attached hydrogens (tertiary/aromatic N) is 6. The van der Waals surface area contributed by atoms with Gasteiger partial charge in [-0.1, -0.05) is 47.7 Å². The maximum Gasteiger partial charge on any atom is 0.234 e. The molecule has 8 nitrogen and oxygen atoms in total. The molecule has 0 aliphatic rings. The number of hydrogen-bond donors (Lipinski definition) is 1. The molecule has 170 valence electrons. The largest absolute Gasteiger partial charge is 0.325 e. The van der Waals surface area contributed by atoms with Gasteiger partial charge in [0, 0.05) is 41.9 Å². The van der Waals surface area contributed by atoms with Crippen LogP contribution in [0.1, 0.15) is 12.5 Å². The first kappa shape index (κ1) is 21.8. The van der Waals surface area contributed by atoms with E-state index in [4.69, 9.17) is 0 Å². The van der Waals surface area contributed by atoms with Gasteiger partial charge in [-0.05, 0) is 38.1 Å². The Morgan fingerprint density at radius 3 is 2.68 bits per heavy atom. The number of imidazole rings is 1. The number of carbonyl (C=O) groups excluding carboxylic acids is 1. The summed E-state index contributed by atoms with van der Waals surface area (Å²) in [5.41, 5.74) is 4.70. The van der Waals surface area contributed by atoms with E-state index in [1.807, 2.05) is 70.7 Å². The minimum atomic E-state index is -0.0996. The average molecular weight is 470 g/mol. The fourth-order valence-electron chi connectivity index (χ4n) is 3.70. The Morgan fingerprint density at radius 1 is 1.06 bits per heavy atom. The zero-order chi connectivity index (χ0) is 23.5. The van der Waals surface area contributed by atoms with Crippen LogP contribution in [-0.2, 0) is 11.3 Å². The summed E-state index contributed by atoms with van der Waals surface area (Å²) < 4.78 is 3.91. The SMILES string of the molecule is CCn1c(SCC(=O)Nc2ccc(-c3cn4cccnc4n3)cc2)nnc1-c1cccc(C)c1. The van der Waals surface area contributed by atoms with Crippen LogP contribution in [-0.4, -0.2) is 40.8 Å². The molecule has 2 aromatic carbocycles. The van der Waals surface area contributed by atoms with Gasteiger partial charge in [0.05, 0.1) is 11.4 Å². The molecule has 0 spiro atoms. The molecule has 5 rings (SSSR count). The van der Waals surface area contributed by atoms with Crippen LogP contribution in [0.3, 0.4) is 0 Å². The fraction of sp³-hybridized carbons (Fsp3) is 0.160. The highest BCUT2D eigenvalue weighted by atomic mass is 32.2. The zero-order valence-corrected chi connectivity index (χ0v) is 19.7. The molecule has 0 aliphatic heterocycles. The van der Waals surface area contributed by atoms with Crippen molar-refractivity contribution in [3.05, 3.63) is 78.8 Å². The summed E-state index contributed by atoms with van der Waals surface area (Å²) in [6.45, 7) is 4.82. The normalized spacial score (nSPS) is 11.1. The van der Waals surface area contributed by atoms with Crippen molar-refractivity contribution in [2.45, 2.75) is 25.5 Å². The Labute approximate surface area is 201 Å². The van der Waals surface area contributed by atoms with Crippen LogP contribution in [0.5, 0.6) is 0 Å². The van der Waals surface area contributed by atoms with Crippen molar-refractivity contribution in [1.82, 2.24) is 29.1 Å². The van der Waals surface area contributed by atoms with Crippen LogP contribution in [0.4, 0.5) is 5.69 Å². The van der Waals surface area contributed by atoms with E-state index in [0.29, 0.717) is 5.78 Å². The molecule has 0 bridgehead atoms. The summed E-state index contributed by atoms with van der Waals surface area (Å²) in [7, 11) is 0. The van der Waals surface area contributed by atoms with Gasteiger partial charge in [0.25, 0.3) is 0 Å². The lowest BCUT2D eigenvalue weighted by molar-refractivity contribution is -0.113. The molecule has 0 fully saturated rings. The topological polar surface area (TPSA) is 90.0 Å². The fourth-order valence-corrected chi connectivity index (χ4v) is 4.50. The zero-order valence-electron chi connectivity index (χ0n) is 18.8. The van der Waals surface area contributed by atoms with Gasteiger partial charge >= 0.3 is 0 Å². The third-order valence-corrected chi connectivity index (χ3v) is 6.31. The molecule has 9 heteroatoms. The molecule has 1 N–H and O–H groups in total. The highest BCUT2D eigenvalue weighted by Gasteiger charge is 2.15. The van der Waals surface area contributed by atoms with E-state index in [1.54, 1.807) is 6.20 Å². The number of anilines is 1. The lowest BCUT2D eigenvalue weighted by Gasteiger charge is -2.08. The standard InChI is InChI=1S/C25H23N7OS/c1-3-32-23(19-7-4-6-17(2)14-19)29-30-25(32)34-16-22(33)27-20-10-8-18(9-11-20)21-15-31-13-5-12-26-24(31)28-21/h4-15H,3,16H2,1-2H3,(H,27,33). The van der Waals surface area contributed by atoms with E-state index >= 15 is 0 Å². The van der Waals surface area contributed by atoms with E-state index < -0.39 is 0 Å². The van der Waals surface area contributed by atoms with Gasteiger partial charge < -0.3 is 9.88 Å². The lowest BCUT2D eigenvalue weighted by atomic mass is 10.1. The Morgan fingerprint density at radius 2 is 1.91 bits per heavy atom. The number of aryl methyl sites for hydroxylation is 1. The summed E-state index contributed by atoms with van der Waals surface area (Å²) in [5.74, 6) is 1.60. The van der Waals surface area contributed by atoms with Gasteiger partial charge in [-0.3, -0.25) is 9.20 Å². The van der Waals surface area contributed by atoms with Crippen LogP contribution in [0.2, 0.25) is 0 Å². The Hall–Kier alpha value is -3.98. The van der Waals surface area contributed by atoms with E-state index in [1.165, 1.54) is 17.3 Å². The second-order valence-electron chi connectivity index (χ2n) is 7.79. The molecule has 3 heterocycles. The van der Waals surface area contributed by atoms with E-state index in [-0.39, 0.29) is 11.7 Å². The number of nitrogens with one attached hydrogen (secondary N) is 1. The second kappa shape index (κ2) is 9.48. The highest BCUT2D eigenvalue weighted by Crippen LogP contribution is 2.25. The molecule has 0 radical (unpaired) electrons. The molecular weight excluding hydrogens is 446 g/mol. The monoisotopic (exact) mass is 469 g/mol. The summed E-state index contributed by atoms with van der Waals surface area (Å²) in [6.07, 6.45) is 5.56. The molecule has 0 atom stereocenters. The molecule has 5 aromatic rings. The van der Waals surface area contributed by atoms with Gasteiger partial charge in [-0.2, -0.15) is 0 Å². The first-order chi connectivity index (χ1) is 16.6. The third-order valence-electron chi connectivity index (χ3n) is 5.34. The van der Waals surface area contributed by atoms with Gasteiger partial charge in [0.2, 0.25) is 11.7 Å². The number of benzene rings is 2. The summed E-state index contributed by atoms with van der Waals surface area (Å²) in [6, 6.07) is 17.7. The van der Waals surface area contributed by atoms with E-state index in [9.17, 15) is 4.79 Å². The Bertz CT molecular complexity index is 1420. The molecule has 0 saturated carbocycles. The predicted octanol–water partition coefficient (Wildman–Crippen LogP) is 4.71. The van der Waals surface area contributed by atoms with E-state index in [0.717, 1.165) is 40.0 Å². The Kier molecular flexibility index (Phi) is 6.09. The summed E-state index contributed by atoms with van der Waals surface area (Å²) >= 11 is 1.38. The van der Waals surface area contributed by atoms with Crippen molar-refractivity contribution >= 4 is 29.1 Å². The van der Waals surface area contributed by atoms with Crippen molar-refractivity contribution in [3.63, 3.8) is 0 Å². The minimum absolute atomic E-state index is 0.0996. The first-order valence-corrected chi connectivity index (χ1v) is 11.9. The third kappa shape index (κ3) is 4.55. The molecule has 3 aromatic heterocycles. The number of aromatic nitrogens is 6. The highest BCUT2D eigenvalue weighted by molar-refractivity contribution is 7.99. The van der Waals surface area contributed by atoms with Crippen molar-refractivity contribution in [1.29, 1.82) is 0 Å².